The van der Waals surface area contributed by atoms with Crippen molar-refractivity contribution in [3.05, 3.63) is 60.2 Å². The lowest BCUT2D eigenvalue weighted by Gasteiger charge is -2.29. The standard InChI is InChI=1S/C21H27N3O2/c1-26-20-10-6-5-9-19(20)22-21(25)11-12-23-13-15-24(16-14-23)17-18-7-3-2-4-8-18/h2-10H,11-17H2,1H3,(H,22,25)/p+2. The number of methoxy groups -OCH3 is 1. The Morgan fingerprint density at radius 1 is 0.962 bits per heavy atom. The zero-order chi connectivity index (χ0) is 18.2. The highest BCUT2D eigenvalue weighted by Crippen LogP contribution is 2.22. The Balaban J connectivity index is 1.39. The molecular weight excluding hydrogens is 326 g/mol. The van der Waals surface area contributed by atoms with Crippen molar-refractivity contribution in [2.75, 3.05) is 45.2 Å². The van der Waals surface area contributed by atoms with E-state index in [0.29, 0.717) is 12.2 Å². The van der Waals surface area contributed by atoms with Crippen molar-refractivity contribution < 1.29 is 19.3 Å². The van der Waals surface area contributed by atoms with Gasteiger partial charge in [-0.15, -0.1) is 0 Å². The summed E-state index contributed by atoms with van der Waals surface area (Å²) in [5.41, 5.74) is 2.15. The Kier molecular flexibility index (Phi) is 6.63. The third-order valence-electron chi connectivity index (χ3n) is 5.05. The van der Waals surface area contributed by atoms with Crippen molar-refractivity contribution in [3.8, 4) is 5.75 Å². The second-order valence-electron chi connectivity index (χ2n) is 6.91. The smallest absolute Gasteiger partial charge is 0.230 e. The molecule has 1 saturated heterocycles. The molecule has 1 amide bonds. The second-order valence-corrected chi connectivity index (χ2v) is 6.91. The first-order valence-corrected chi connectivity index (χ1v) is 9.38. The molecule has 1 aliphatic rings. The van der Waals surface area contributed by atoms with Crippen LogP contribution in [0.5, 0.6) is 5.75 Å². The predicted molar refractivity (Wildman–Crippen MR) is 103 cm³/mol. The number of amides is 1. The number of hydrogen-bond donors (Lipinski definition) is 3. The number of piperazine rings is 1. The first kappa shape index (κ1) is 18.4. The molecule has 0 unspecified atom stereocenters. The van der Waals surface area contributed by atoms with Gasteiger partial charge in [0.05, 0.1) is 25.8 Å². The van der Waals surface area contributed by atoms with E-state index in [1.165, 1.54) is 23.6 Å². The van der Waals surface area contributed by atoms with Crippen LogP contribution in [-0.4, -0.2) is 45.7 Å². The molecule has 0 radical (unpaired) electrons. The fraction of sp³-hybridized carbons (Fsp3) is 0.381. The molecule has 1 fully saturated rings. The Hall–Kier alpha value is -2.37. The van der Waals surface area contributed by atoms with Gasteiger partial charge in [-0.1, -0.05) is 42.5 Å². The maximum absolute atomic E-state index is 12.2. The number of nitrogens with one attached hydrogen (secondary N) is 3. The molecule has 3 N–H and O–H groups in total. The van der Waals surface area contributed by atoms with Crippen LogP contribution in [0.3, 0.4) is 0 Å². The highest BCUT2D eigenvalue weighted by molar-refractivity contribution is 5.92. The van der Waals surface area contributed by atoms with Gasteiger partial charge < -0.3 is 19.9 Å². The van der Waals surface area contributed by atoms with Gasteiger partial charge in [0.15, 0.2) is 0 Å². The van der Waals surface area contributed by atoms with Gasteiger partial charge in [0, 0.05) is 5.56 Å². The lowest BCUT2D eigenvalue weighted by molar-refractivity contribution is -1.02. The minimum atomic E-state index is 0.0565. The first-order valence-electron chi connectivity index (χ1n) is 9.38. The average Bonchev–Trinajstić information content (AvgIpc) is 2.69. The van der Waals surface area contributed by atoms with Gasteiger partial charge in [-0.3, -0.25) is 4.79 Å². The van der Waals surface area contributed by atoms with Crippen LogP contribution in [0.25, 0.3) is 0 Å². The van der Waals surface area contributed by atoms with Crippen molar-refractivity contribution in [1.82, 2.24) is 0 Å². The molecule has 2 aromatic rings. The van der Waals surface area contributed by atoms with Gasteiger partial charge in [0.1, 0.15) is 38.5 Å². The molecule has 1 heterocycles. The summed E-state index contributed by atoms with van der Waals surface area (Å²) < 4.78 is 5.28. The number of carbonyl (C=O) groups is 1. The SMILES string of the molecule is COc1ccccc1NC(=O)CC[NH+]1CC[NH+](Cc2ccccc2)CC1. The summed E-state index contributed by atoms with van der Waals surface area (Å²) >= 11 is 0. The van der Waals surface area contributed by atoms with E-state index in [2.05, 4.69) is 35.6 Å². The molecule has 26 heavy (non-hydrogen) atoms. The molecule has 0 atom stereocenters. The summed E-state index contributed by atoms with van der Waals surface area (Å²) in [4.78, 5) is 15.4. The monoisotopic (exact) mass is 355 g/mol. The van der Waals surface area contributed by atoms with Gasteiger partial charge in [-0.05, 0) is 12.1 Å². The average molecular weight is 355 g/mol. The summed E-state index contributed by atoms with van der Waals surface area (Å²) in [5, 5.41) is 2.96. The Morgan fingerprint density at radius 3 is 2.35 bits per heavy atom. The minimum absolute atomic E-state index is 0.0565. The van der Waals surface area contributed by atoms with Crippen molar-refractivity contribution in [2.45, 2.75) is 13.0 Å². The molecule has 138 valence electrons. The van der Waals surface area contributed by atoms with E-state index in [4.69, 9.17) is 4.74 Å². The zero-order valence-corrected chi connectivity index (χ0v) is 15.5. The summed E-state index contributed by atoms with van der Waals surface area (Å²) in [5.74, 6) is 0.757. The molecule has 0 saturated carbocycles. The number of ether oxygens (including phenoxy) is 1. The largest absolute Gasteiger partial charge is 0.495 e. The zero-order valence-electron chi connectivity index (χ0n) is 15.5. The van der Waals surface area contributed by atoms with E-state index in [1.54, 1.807) is 12.0 Å². The van der Waals surface area contributed by atoms with E-state index < -0.39 is 0 Å². The number of para-hydroxylation sites is 2. The van der Waals surface area contributed by atoms with Gasteiger partial charge in [0.25, 0.3) is 0 Å². The van der Waals surface area contributed by atoms with E-state index >= 15 is 0 Å². The van der Waals surface area contributed by atoms with E-state index in [1.807, 2.05) is 24.3 Å². The van der Waals surface area contributed by atoms with Crippen molar-refractivity contribution in [2.24, 2.45) is 0 Å². The van der Waals surface area contributed by atoms with Crippen LogP contribution in [0.15, 0.2) is 54.6 Å². The molecule has 0 bridgehead atoms. The molecule has 5 nitrogen and oxygen atoms in total. The van der Waals surface area contributed by atoms with E-state index in [-0.39, 0.29) is 5.91 Å². The van der Waals surface area contributed by atoms with Crippen LogP contribution in [-0.2, 0) is 11.3 Å². The fourth-order valence-electron chi connectivity index (χ4n) is 3.52. The minimum Gasteiger partial charge on any atom is -0.495 e. The van der Waals surface area contributed by atoms with E-state index in [9.17, 15) is 4.79 Å². The molecule has 0 spiro atoms. The Labute approximate surface area is 155 Å². The van der Waals surface area contributed by atoms with Crippen molar-refractivity contribution in [1.29, 1.82) is 0 Å². The molecule has 0 aliphatic carbocycles. The molecule has 5 heteroatoms. The third kappa shape index (κ3) is 5.31. The summed E-state index contributed by atoms with van der Waals surface area (Å²) in [6, 6.07) is 18.2. The normalized spacial score (nSPS) is 19.7. The number of carbonyl (C=O) groups excluding carboxylic acids is 1. The number of anilines is 1. The van der Waals surface area contributed by atoms with Gasteiger partial charge >= 0.3 is 0 Å². The number of rotatable bonds is 7. The first-order chi connectivity index (χ1) is 12.7. The lowest BCUT2D eigenvalue weighted by Crippen LogP contribution is -3.27. The number of benzene rings is 2. The topological polar surface area (TPSA) is 47.2 Å². The quantitative estimate of drug-likeness (QED) is 0.655. The van der Waals surface area contributed by atoms with Crippen LogP contribution in [0.4, 0.5) is 5.69 Å². The fourth-order valence-corrected chi connectivity index (χ4v) is 3.52. The van der Waals surface area contributed by atoms with Gasteiger partial charge in [0.2, 0.25) is 5.91 Å². The maximum atomic E-state index is 12.2. The van der Waals surface area contributed by atoms with Gasteiger partial charge in [-0.25, -0.2) is 0 Å². The number of hydrogen-bond acceptors (Lipinski definition) is 2. The van der Waals surface area contributed by atoms with Crippen LogP contribution in [0, 0.1) is 0 Å². The van der Waals surface area contributed by atoms with Crippen molar-refractivity contribution >= 4 is 11.6 Å². The highest BCUT2D eigenvalue weighted by Gasteiger charge is 2.23. The predicted octanol–water partition coefficient (Wildman–Crippen LogP) is 0.00740. The summed E-state index contributed by atoms with van der Waals surface area (Å²) in [7, 11) is 1.62. The third-order valence-corrected chi connectivity index (χ3v) is 5.05. The molecule has 2 aromatic carbocycles. The maximum Gasteiger partial charge on any atom is 0.230 e. The molecule has 0 aromatic heterocycles. The van der Waals surface area contributed by atoms with Gasteiger partial charge in [-0.2, -0.15) is 0 Å². The highest BCUT2D eigenvalue weighted by atomic mass is 16.5. The van der Waals surface area contributed by atoms with E-state index in [0.717, 1.165) is 31.9 Å². The summed E-state index contributed by atoms with van der Waals surface area (Å²) in [6.07, 6.45) is 0.543. The Bertz CT molecular complexity index is 697. The van der Waals surface area contributed by atoms with Crippen LogP contribution in [0.2, 0.25) is 0 Å². The van der Waals surface area contributed by atoms with Crippen LogP contribution < -0.4 is 19.9 Å². The van der Waals surface area contributed by atoms with Crippen LogP contribution >= 0.6 is 0 Å². The van der Waals surface area contributed by atoms with Crippen molar-refractivity contribution in [3.63, 3.8) is 0 Å². The molecule has 1 aliphatic heterocycles. The lowest BCUT2D eigenvalue weighted by atomic mass is 10.2. The number of quaternary nitrogens is 2. The second kappa shape index (κ2) is 9.36. The van der Waals surface area contributed by atoms with Crippen LogP contribution in [0.1, 0.15) is 12.0 Å². The summed E-state index contributed by atoms with van der Waals surface area (Å²) in [6.45, 7) is 6.58. The Morgan fingerprint density at radius 2 is 1.62 bits per heavy atom. The molecule has 3 rings (SSSR count). The molecular formula is C21H29N3O2+2.